The van der Waals surface area contributed by atoms with Gasteiger partial charge in [-0.3, -0.25) is 14.7 Å². The van der Waals surface area contributed by atoms with Crippen molar-refractivity contribution in [3.05, 3.63) is 30.0 Å². The van der Waals surface area contributed by atoms with Gasteiger partial charge in [-0.25, -0.2) is 0 Å². The number of aromatic amines is 1. The number of hydrogen-bond acceptors (Lipinski definition) is 3. The molecule has 2 rings (SSSR count). The van der Waals surface area contributed by atoms with Gasteiger partial charge in [-0.05, 0) is 18.1 Å². The zero-order chi connectivity index (χ0) is 13.8. The summed E-state index contributed by atoms with van der Waals surface area (Å²) in [6, 6.07) is 5.25. The van der Waals surface area contributed by atoms with E-state index in [-0.39, 0.29) is 18.2 Å². The molecule has 0 aliphatic carbocycles. The molecule has 0 saturated carbocycles. The average molecular weight is 261 g/mol. The summed E-state index contributed by atoms with van der Waals surface area (Å²) in [5, 5.41) is 19.0. The molecule has 0 saturated heterocycles. The maximum absolute atomic E-state index is 11.9. The van der Waals surface area contributed by atoms with Crippen LogP contribution in [0.25, 0.3) is 10.9 Å². The third-order valence-corrected chi connectivity index (χ3v) is 2.84. The molecular weight excluding hydrogens is 246 g/mol. The van der Waals surface area contributed by atoms with Gasteiger partial charge in [-0.1, -0.05) is 13.0 Å². The van der Waals surface area contributed by atoms with Gasteiger partial charge in [0.15, 0.2) is 0 Å². The van der Waals surface area contributed by atoms with Gasteiger partial charge >= 0.3 is 5.97 Å². The number of carbonyl (C=O) groups excluding carboxylic acids is 1. The van der Waals surface area contributed by atoms with Gasteiger partial charge in [-0.15, -0.1) is 0 Å². The second-order valence-corrected chi connectivity index (χ2v) is 4.59. The fraction of sp³-hybridized carbons (Fsp3) is 0.308. The minimum atomic E-state index is -0.861. The smallest absolute Gasteiger partial charge is 0.303 e. The number of H-pyrrole nitrogens is 1. The molecule has 1 aromatic carbocycles. The van der Waals surface area contributed by atoms with Gasteiger partial charge in [0.1, 0.15) is 0 Å². The van der Waals surface area contributed by atoms with Crippen molar-refractivity contribution in [2.45, 2.75) is 13.3 Å². The number of carboxylic acids is 1. The van der Waals surface area contributed by atoms with E-state index in [0.29, 0.717) is 12.1 Å². The van der Waals surface area contributed by atoms with Crippen LogP contribution in [0.15, 0.2) is 24.4 Å². The van der Waals surface area contributed by atoms with Crippen molar-refractivity contribution in [2.75, 3.05) is 6.54 Å². The van der Waals surface area contributed by atoms with Crippen molar-refractivity contribution in [2.24, 2.45) is 5.92 Å². The molecule has 19 heavy (non-hydrogen) atoms. The summed E-state index contributed by atoms with van der Waals surface area (Å²) in [7, 11) is 0. The summed E-state index contributed by atoms with van der Waals surface area (Å²) in [6.07, 6.45) is 1.73. The van der Waals surface area contributed by atoms with Crippen LogP contribution in [0, 0.1) is 5.92 Å². The van der Waals surface area contributed by atoms with Crippen LogP contribution in [0.2, 0.25) is 0 Å². The molecular formula is C13H15N3O3. The predicted molar refractivity (Wildman–Crippen MR) is 69.8 cm³/mol. The number of hydrogen-bond donors (Lipinski definition) is 3. The molecule has 0 fully saturated rings. The maximum Gasteiger partial charge on any atom is 0.303 e. The normalized spacial score (nSPS) is 12.3. The van der Waals surface area contributed by atoms with Gasteiger partial charge in [0.25, 0.3) is 5.91 Å². The molecule has 1 amide bonds. The second kappa shape index (κ2) is 5.51. The van der Waals surface area contributed by atoms with Crippen molar-refractivity contribution in [1.82, 2.24) is 15.5 Å². The lowest BCUT2D eigenvalue weighted by molar-refractivity contribution is -0.137. The Hall–Kier alpha value is -2.37. The fourth-order valence-electron chi connectivity index (χ4n) is 1.82. The Morgan fingerprint density at radius 1 is 1.47 bits per heavy atom. The maximum atomic E-state index is 11.9. The van der Waals surface area contributed by atoms with Crippen LogP contribution in [0.5, 0.6) is 0 Å². The van der Waals surface area contributed by atoms with E-state index in [1.165, 1.54) is 0 Å². The average Bonchev–Trinajstić information content (AvgIpc) is 2.82. The summed E-state index contributed by atoms with van der Waals surface area (Å²) in [5.74, 6) is -1.17. The Morgan fingerprint density at radius 3 is 3.00 bits per heavy atom. The quantitative estimate of drug-likeness (QED) is 0.758. The lowest BCUT2D eigenvalue weighted by atomic mass is 10.1. The number of nitrogens with one attached hydrogen (secondary N) is 2. The van der Waals surface area contributed by atoms with Crippen LogP contribution in [0.3, 0.4) is 0 Å². The van der Waals surface area contributed by atoms with Gasteiger partial charge in [0.05, 0.1) is 11.7 Å². The van der Waals surface area contributed by atoms with Crippen LogP contribution >= 0.6 is 0 Å². The van der Waals surface area contributed by atoms with Crippen LogP contribution in [0.4, 0.5) is 0 Å². The molecule has 0 radical (unpaired) electrons. The lowest BCUT2D eigenvalue weighted by Gasteiger charge is -2.10. The second-order valence-electron chi connectivity index (χ2n) is 4.59. The van der Waals surface area contributed by atoms with Gasteiger partial charge in [-0.2, -0.15) is 5.10 Å². The number of nitrogens with zero attached hydrogens (tertiary/aromatic N) is 1. The molecule has 0 aliphatic heterocycles. The molecule has 1 unspecified atom stereocenters. The number of amides is 1. The zero-order valence-corrected chi connectivity index (χ0v) is 10.5. The monoisotopic (exact) mass is 261 g/mol. The molecule has 0 spiro atoms. The summed E-state index contributed by atoms with van der Waals surface area (Å²) in [4.78, 5) is 22.4. The number of rotatable bonds is 5. The van der Waals surface area contributed by atoms with Crippen molar-refractivity contribution < 1.29 is 14.7 Å². The Labute approximate surface area is 109 Å². The molecule has 1 atom stereocenters. The van der Waals surface area contributed by atoms with Crippen molar-refractivity contribution >= 4 is 22.8 Å². The van der Waals surface area contributed by atoms with E-state index in [9.17, 15) is 9.59 Å². The third-order valence-electron chi connectivity index (χ3n) is 2.84. The van der Waals surface area contributed by atoms with Gasteiger partial charge < -0.3 is 10.4 Å². The Bertz CT molecular complexity index is 606. The van der Waals surface area contributed by atoms with Crippen LogP contribution in [-0.4, -0.2) is 33.7 Å². The largest absolute Gasteiger partial charge is 0.481 e. The number of benzene rings is 1. The van der Waals surface area contributed by atoms with Crippen LogP contribution in [-0.2, 0) is 4.79 Å². The number of carboxylic acid groups (broad SMARTS) is 1. The summed E-state index contributed by atoms with van der Waals surface area (Å²) >= 11 is 0. The first kappa shape index (κ1) is 13.1. The van der Waals surface area contributed by atoms with Crippen LogP contribution in [0.1, 0.15) is 23.7 Å². The molecule has 6 heteroatoms. The number of aromatic nitrogens is 2. The first-order chi connectivity index (χ1) is 9.06. The minimum Gasteiger partial charge on any atom is -0.481 e. The van der Waals surface area contributed by atoms with E-state index in [0.717, 1.165) is 10.9 Å². The lowest BCUT2D eigenvalue weighted by Crippen LogP contribution is -2.29. The van der Waals surface area contributed by atoms with Crippen molar-refractivity contribution in [3.63, 3.8) is 0 Å². The molecule has 0 aliphatic rings. The van der Waals surface area contributed by atoms with Crippen LogP contribution < -0.4 is 5.32 Å². The highest BCUT2D eigenvalue weighted by atomic mass is 16.4. The Morgan fingerprint density at radius 2 is 2.26 bits per heavy atom. The molecule has 2 aromatic rings. The number of fused-ring (bicyclic) bond motifs is 1. The third kappa shape index (κ3) is 3.31. The summed E-state index contributed by atoms with van der Waals surface area (Å²) < 4.78 is 0. The molecule has 3 N–H and O–H groups in total. The highest BCUT2D eigenvalue weighted by Crippen LogP contribution is 2.12. The van der Waals surface area contributed by atoms with Gasteiger partial charge in [0, 0.05) is 23.9 Å². The van der Waals surface area contributed by atoms with E-state index in [1.54, 1.807) is 25.3 Å². The first-order valence-electron chi connectivity index (χ1n) is 5.99. The molecule has 100 valence electrons. The Balaban J connectivity index is 1.97. The van der Waals surface area contributed by atoms with E-state index in [2.05, 4.69) is 15.5 Å². The van der Waals surface area contributed by atoms with E-state index >= 15 is 0 Å². The molecule has 6 nitrogen and oxygen atoms in total. The zero-order valence-electron chi connectivity index (χ0n) is 10.5. The van der Waals surface area contributed by atoms with E-state index in [1.807, 2.05) is 6.07 Å². The topological polar surface area (TPSA) is 95.1 Å². The molecule has 1 heterocycles. The summed E-state index contributed by atoms with van der Waals surface area (Å²) in [5.41, 5.74) is 1.32. The van der Waals surface area contributed by atoms with E-state index in [4.69, 9.17) is 5.11 Å². The Kier molecular flexibility index (Phi) is 3.79. The first-order valence-corrected chi connectivity index (χ1v) is 5.99. The number of carbonyl (C=O) groups is 2. The fourth-order valence-corrected chi connectivity index (χ4v) is 1.82. The highest BCUT2D eigenvalue weighted by Gasteiger charge is 2.11. The minimum absolute atomic E-state index is 0.0415. The molecule has 1 aromatic heterocycles. The SMILES string of the molecule is CC(CNC(=O)c1ccc2cn[nH]c2c1)CC(=O)O. The summed E-state index contributed by atoms with van der Waals surface area (Å²) in [6.45, 7) is 2.12. The highest BCUT2D eigenvalue weighted by molar-refractivity contribution is 5.97. The predicted octanol–water partition coefficient (Wildman–Crippen LogP) is 1.40. The van der Waals surface area contributed by atoms with Gasteiger partial charge in [0.2, 0.25) is 0 Å². The number of aliphatic carboxylic acids is 1. The van der Waals surface area contributed by atoms with Crippen molar-refractivity contribution in [3.8, 4) is 0 Å². The standard InChI is InChI=1S/C13H15N3O3/c1-8(4-12(17)18)6-14-13(19)9-2-3-10-7-15-16-11(10)5-9/h2-3,5,7-8H,4,6H2,1H3,(H,14,19)(H,15,16)(H,17,18). The van der Waals surface area contributed by atoms with Crippen molar-refractivity contribution in [1.29, 1.82) is 0 Å². The van der Waals surface area contributed by atoms with E-state index < -0.39 is 5.97 Å². The molecule has 0 bridgehead atoms.